The fourth-order valence-corrected chi connectivity index (χ4v) is 2.37. The number of anilines is 1. The highest BCUT2D eigenvalue weighted by molar-refractivity contribution is 5.82. The van der Waals surface area contributed by atoms with Gasteiger partial charge in [0.2, 0.25) is 5.91 Å². The highest BCUT2D eigenvalue weighted by atomic mass is 16.6. The monoisotopic (exact) mass is 306 g/mol. The lowest BCUT2D eigenvalue weighted by Crippen LogP contribution is -2.37. The molecule has 0 saturated carbocycles. The van der Waals surface area contributed by atoms with Crippen molar-refractivity contribution in [2.24, 2.45) is 0 Å². The third kappa shape index (κ3) is 3.87. The van der Waals surface area contributed by atoms with Gasteiger partial charge in [0.25, 0.3) is 0 Å². The van der Waals surface area contributed by atoms with Crippen LogP contribution in [-0.4, -0.2) is 54.7 Å². The highest BCUT2D eigenvalue weighted by Crippen LogP contribution is 2.16. The van der Waals surface area contributed by atoms with E-state index in [0.29, 0.717) is 19.7 Å². The number of cyclic esters (lactones) is 1. The molecule has 1 fully saturated rings. The summed E-state index contributed by atoms with van der Waals surface area (Å²) in [4.78, 5) is 31.2. The molecule has 0 unspecified atom stereocenters. The largest absolute Gasteiger partial charge is 0.448 e. The molecule has 7 nitrogen and oxygen atoms in total. The molecule has 120 valence electrons. The smallest absolute Gasteiger partial charge is 0.410 e. The summed E-state index contributed by atoms with van der Waals surface area (Å²) in [7, 11) is 0. The van der Waals surface area contributed by atoms with Gasteiger partial charge in [0.1, 0.15) is 19.0 Å². The molecule has 0 spiro atoms. The molecule has 1 aliphatic heterocycles. The second-order valence-electron chi connectivity index (χ2n) is 4.97. The number of carbonyl (C=O) groups excluding carboxylic acids is 2. The van der Waals surface area contributed by atoms with Crippen LogP contribution in [0.3, 0.4) is 0 Å². The molecule has 2 rings (SSSR count). The SMILES string of the molecule is CCN(CC)c1ncccc1CNC(=O)CN1CCOC1=O. The minimum atomic E-state index is -0.430. The first kappa shape index (κ1) is 16.1. The van der Waals surface area contributed by atoms with Gasteiger partial charge in [0.15, 0.2) is 0 Å². The van der Waals surface area contributed by atoms with Gasteiger partial charge in [-0.3, -0.25) is 9.69 Å². The maximum absolute atomic E-state index is 11.9. The molecule has 1 aromatic heterocycles. The standard InChI is InChI=1S/C15H22N4O3/c1-3-18(4-2)14-12(6-5-7-16-14)10-17-13(20)11-19-8-9-22-15(19)21/h5-7H,3-4,8-11H2,1-2H3,(H,17,20). The Bertz CT molecular complexity index is 531. The lowest BCUT2D eigenvalue weighted by Gasteiger charge is -2.22. The second kappa shape index (κ2) is 7.63. The van der Waals surface area contributed by atoms with Gasteiger partial charge in [-0.05, 0) is 19.9 Å². The van der Waals surface area contributed by atoms with E-state index in [0.717, 1.165) is 24.5 Å². The molecular formula is C15H22N4O3. The van der Waals surface area contributed by atoms with E-state index in [1.807, 2.05) is 12.1 Å². The molecule has 7 heteroatoms. The van der Waals surface area contributed by atoms with Crippen LogP contribution in [0.4, 0.5) is 10.6 Å². The molecule has 0 radical (unpaired) electrons. The summed E-state index contributed by atoms with van der Waals surface area (Å²) in [5, 5.41) is 2.83. The van der Waals surface area contributed by atoms with Crippen LogP contribution in [0.25, 0.3) is 0 Å². The number of carbonyl (C=O) groups is 2. The maximum atomic E-state index is 11.9. The average Bonchev–Trinajstić information content (AvgIpc) is 2.92. The zero-order chi connectivity index (χ0) is 15.9. The number of nitrogens with one attached hydrogen (secondary N) is 1. The summed E-state index contributed by atoms with van der Waals surface area (Å²) >= 11 is 0. The van der Waals surface area contributed by atoms with Gasteiger partial charge >= 0.3 is 6.09 Å². The quantitative estimate of drug-likeness (QED) is 0.813. The van der Waals surface area contributed by atoms with Crippen LogP contribution in [-0.2, 0) is 16.1 Å². The second-order valence-corrected chi connectivity index (χ2v) is 4.97. The lowest BCUT2D eigenvalue weighted by molar-refractivity contribution is -0.121. The average molecular weight is 306 g/mol. The van der Waals surface area contributed by atoms with E-state index >= 15 is 0 Å². The summed E-state index contributed by atoms with van der Waals surface area (Å²) in [6.07, 6.45) is 1.32. The Morgan fingerprint density at radius 2 is 2.23 bits per heavy atom. The summed E-state index contributed by atoms with van der Waals surface area (Å²) in [5.41, 5.74) is 0.962. The van der Waals surface area contributed by atoms with E-state index in [2.05, 4.69) is 29.0 Å². The van der Waals surface area contributed by atoms with Crippen LogP contribution in [0.1, 0.15) is 19.4 Å². The number of nitrogens with zero attached hydrogens (tertiary/aromatic N) is 3. The minimum Gasteiger partial charge on any atom is -0.448 e. The maximum Gasteiger partial charge on any atom is 0.410 e. The first-order chi connectivity index (χ1) is 10.7. The van der Waals surface area contributed by atoms with Crippen molar-refractivity contribution in [2.45, 2.75) is 20.4 Å². The molecule has 0 atom stereocenters. The summed E-state index contributed by atoms with van der Waals surface area (Å²) in [6.45, 7) is 7.08. The van der Waals surface area contributed by atoms with Gasteiger partial charge in [0, 0.05) is 31.4 Å². The van der Waals surface area contributed by atoms with E-state index in [1.165, 1.54) is 4.90 Å². The predicted octanol–water partition coefficient (Wildman–Crippen LogP) is 0.996. The number of aromatic nitrogens is 1. The first-order valence-corrected chi connectivity index (χ1v) is 7.53. The van der Waals surface area contributed by atoms with E-state index in [9.17, 15) is 9.59 Å². The van der Waals surface area contributed by atoms with Crippen molar-refractivity contribution >= 4 is 17.8 Å². The van der Waals surface area contributed by atoms with E-state index in [4.69, 9.17) is 4.74 Å². The first-order valence-electron chi connectivity index (χ1n) is 7.53. The molecule has 1 aromatic rings. The molecule has 0 bridgehead atoms. The molecule has 1 saturated heterocycles. The molecule has 22 heavy (non-hydrogen) atoms. The van der Waals surface area contributed by atoms with Gasteiger partial charge in [0.05, 0.1) is 6.54 Å². The van der Waals surface area contributed by atoms with Crippen LogP contribution in [0, 0.1) is 0 Å². The number of hydrogen-bond acceptors (Lipinski definition) is 5. The van der Waals surface area contributed by atoms with Crippen molar-refractivity contribution in [3.05, 3.63) is 23.9 Å². The van der Waals surface area contributed by atoms with Gasteiger partial charge in [-0.2, -0.15) is 0 Å². The van der Waals surface area contributed by atoms with Crippen LogP contribution >= 0.6 is 0 Å². The fraction of sp³-hybridized carbons (Fsp3) is 0.533. The Labute approximate surface area is 130 Å². The van der Waals surface area contributed by atoms with Gasteiger partial charge in [-0.25, -0.2) is 9.78 Å². The Kier molecular flexibility index (Phi) is 5.57. The third-order valence-corrected chi connectivity index (χ3v) is 3.59. The Morgan fingerprint density at radius 1 is 1.45 bits per heavy atom. The highest BCUT2D eigenvalue weighted by Gasteiger charge is 2.24. The number of pyridine rings is 1. The minimum absolute atomic E-state index is 0.0275. The zero-order valence-corrected chi connectivity index (χ0v) is 13.0. The Balaban J connectivity index is 1.93. The normalized spacial score (nSPS) is 13.9. The van der Waals surface area contributed by atoms with E-state index in [-0.39, 0.29) is 12.5 Å². The van der Waals surface area contributed by atoms with Crippen LogP contribution in [0.15, 0.2) is 18.3 Å². The molecular weight excluding hydrogens is 284 g/mol. The predicted molar refractivity (Wildman–Crippen MR) is 82.6 cm³/mol. The topological polar surface area (TPSA) is 74.8 Å². The van der Waals surface area contributed by atoms with Crippen molar-refractivity contribution in [3.63, 3.8) is 0 Å². The molecule has 1 aliphatic rings. The Hall–Kier alpha value is -2.31. The lowest BCUT2D eigenvalue weighted by atomic mass is 10.2. The summed E-state index contributed by atoms with van der Waals surface area (Å²) in [5.74, 6) is 0.682. The van der Waals surface area contributed by atoms with Crippen molar-refractivity contribution < 1.29 is 14.3 Å². The summed E-state index contributed by atoms with van der Waals surface area (Å²) in [6, 6.07) is 3.80. The zero-order valence-electron chi connectivity index (χ0n) is 13.0. The molecule has 0 aromatic carbocycles. The molecule has 1 N–H and O–H groups in total. The van der Waals surface area contributed by atoms with Crippen molar-refractivity contribution in [3.8, 4) is 0 Å². The summed E-state index contributed by atoms with van der Waals surface area (Å²) < 4.78 is 4.80. The van der Waals surface area contributed by atoms with Gasteiger partial charge in [-0.1, -0.05) is 6.07 Å². The third-order valence-electron chi connectivity index (χ3n) is 3.59. The molecule has 0 aliphatic carbocycles. The number of hydrogen-bond donors (Lipinski definition) is 1. The Morgan fingerprint density at radius 3 is 2.86 bits per heavy atom. The van der Waals surface area contributed by atoms with Crippen molar-refractivity contribution in [2.75, 3.05) is 37.7 Å². The van der Waals surface area contributed by atoms with E-state index < -0.39 is 6.09 Å². The van der Waals surface area contributed by atoms with Crippen molar-refractivity contribution in [1.82, 2.24) is 15.2 Å². The number of rotatable bonds is 7. The molecule has 2 amide bonds. The molecule has 2 heterocycles. The van der Waals surface area contributed by atoms with Gasteiger partial charge in [-0.15, -0.1) is 0 Å². The van der Waals surface area contributed by atoms with E-state index in [1.54, 1.807) is 6.20 Å². The van der Waals surface area contributed by atoms with Crippen LogP contribution in [0.2, 0.25) is 0 Å². The number of amides is 2. The number of ether oxygens (including phenoxy) is 1. The van der Waals surface area contributed by atoms with Gasteiger partial charge < -0.3 is 15.0 Å². The van der Waals surface area contributed by atoms with Crippen LogP contribution in [0.5, 0.6) is 0 Å². The van der Waals surface area contributed by atoms with Crippen LogP contribution < -0.4 is 10.2 Å². The van der Waals surface area contributed by atoms with Crippen molar-refractivity contribution in [1.29, 1.82) is 0 Å². The fourth-order valence-electron chi connectivity index (χ4n) is 2.37.